The van der Waals surface area contributed by atoms with E-state index in [1.165, 1.54) is 12.1 Å². The summed E-state index contributed by atoms with van der Waals surface area (Å²) in [5.74, 6) is -0.434. The highest BCUT2D eigenvalue weighted by atomic mass is 19.1. The highest BCUT2D eigenvalue weighted by Gasteiger charge is 2.21. The van der Waals surface area contributed by atoms with E-state index >= 15 is 0 Å². The lowest BCUT2D eigenvalue weighted by Crippen LogP contribution is -2.28. The summed E-state index contributed by atoms with van der Waals surface area (Å²) in [5.41, 5.74) is 3.66. The molecule has 1 N–H and O–H groups in total. The van der Waals surface area contributed by atoms with Crippen LogP contribution in [0.3, 0.4) is 0 Å². The number of rotatable bonds is 4. The van der Waals surface area contributed by atoms with Crippen molar-refractivity contribution in [3.05, 3.63) is 58.2 Å². The predicted octanol–water partition coefficient (Wildman–Crippen LogP) is 2.30. The summed E-state index contributed by atoms with van der Waals surface area (Å²) in [6.07, 6.45) is 2.60. The third-order valence-corrected chi connectivity index (χ3v) is 4.72. The number of hydrogen-bond acceptors (Lipinski definition) is 4. The molecule has 1 aliphatic carbocycles. The summed E-state index contributed by atoms with van der Waals surface area (Å²) < 4.78 is 15.1. The Hall–Kier alpha value is -2.60. The standard InChI is InChI=1S/C19H18FN3O2/c20-15-3-1-12-7-13(19(25)9-14(12)8-15)2-4-18(24)17-10-16-11-21-5-6-23(16)22-17/h1,3,7-8,10,21H,2,4-6,9,11H2. The van der Waals surface area contributed by atoms with Crippen molar-refractivity contribution in [3.63, 3.8) is 0 Å². The van der Waals surface area contributed by atoms with E-state index in [0.29, 0.717) is 23.3 Å². The molecule has 0 bridgehead atoms. The summed E-state index contributed by atoms with van der Waals surface area (Å²) in [6.45, 7) is 2.33. The lowest BCUT2D eigenvalue weighted by atomic mass is 9.88. The van der Waals surface area contributed by atoms with Gasteiger partial charge < -0.3 is 5.32 Å². The van der Waals surface area contributed by atoms with Gasteiger partial charge in [-0.3, -0.25) is 14.3 Å². The van der Waals surface area contributed by atoms with Gasteiger partial charge in [0, 0.05) is 25.9 Å². The molecule has 128 valence electrons. The number of Topliss-reactive ketones (excluding diaryl/α,β-unsaturated/α-hetero) is 2. The number of carbonyl (C=O) groups is 2. The number of hydrogen-bond donors (Lipinski definition) is 1. The summed E-state index contributed by atoms with van der Waals surface area (Å²) in [4.78, 5) is 24.7. The van der Waals surface area contributed by atoms with Gasteiger partial charge in [-0.2, -0.15) is 5.10 Å². The molecule has 0 saturated carbocycles. The molecule has 5 nitrogen and oxygen atoms in total. The Balaban J connectivity index is 1.47. The van der Waals surface area contributed by atoms with Crippen molar-refractivity contribution < 1.29 is 14.0 Å². The number of halogens is 1. The van der Waals surface area contributed by atoms with Crippen molar-refractivity contribution in [1.82, 2.24) is 15.1 Å². The Bertz CT molecular complexity index is 875. The minimum Gasteiger partial charge on any atom is -0.309 e. The lowest BCUT2D eigenvalue weighted by Gasteiger charge is -2.15. The maximum absolute atomic E-state index is 13.3. The Morgan fingerprint density at radius 2 is 2.20 bits per heavy atom. The average molecular weight is 339 g/mol. The van der Waals surface area contributed by atoms with Crippen LogP contribution >= 0.6 is 0 Å². The van der Waals surface area contributed by atoms with Crippen LogP contribution < -0.4 is 5.32 Å². The second-order valence-electron chi connectivity index (χ2n) is 6.46. The van der Waals surface area contributed by atoms with Crippen LogP contribution in [0.1, 0.15) is 40.2 Å². The van der Waals surface area contributed by atoms with Crippen LogP contribution in [0.5, 0.6) is 0 Å². The Morgan fingerprint density at radius 1 is 1.32 bits per heavy atom. The van der Waals surface area contributed by atoms with E-state index in [0.717, 1.165) is 30.9 Å². The van der Waals surface area contributed by atoms with Crippen molar-refractivity contribution in [2.24, 2.45) is 0 Å². The molecule has 2 heterocycles. The average Bonchev–Trinajstić information content (AvgIpc) is 3.04. The molecule has 0 unspecified atom stereocenters. The summed E-state index contributed by atoms with van der Waals surface area (Å²) in [5, 5.41) is 7.60. The van der Waals surface area contributed by atoms with Crippen molar-refractivity contribution in [3.8, 4) is 0 Å². The molecule has 2 aromatic rings. The first-order chi connectivity index (χ1) is 12.1. The van der Waals surface area contributed by atoms with E-state index in [4.69, 9.17) is 0 Å². The Morgan fingerprint density at radius 3 is 3.04 bits per heavy atom. The highest BCUT2D eigenvalue weighted by Crippen LogP contribution is 2.25. The van der Waals surface area contributed by atoms with E-state index in [-0.39, 0.29) is 30.2 Å². The summed E-state index contributed by atoms with van der Waals surface area (Å²) in [7, 11) is 0. The van der Waals surface area contributed by atoms with Crippen molar-refractivity contribution in [2.75, 3.05) is 6.54 Å². The third kappa shape index (κ3) is 3.17. The van der Waals surface area contributed by atoms with Crippen LogP contribution in [-0.2, 0) is 24.3 Å². The zero-order chi connectivity index (χ0) is 17.4. The first-order valence-electron chi connectivity index (χ1n) is 8.43. The van der Waals surface area contributed by atoms with Crippen molar-refractivity contribution in [1.29, 1.82) is 0 Å². The fourth-order valence-corrected chi connectivity index (χ4v) is 3.34. The van der Waals surface area contributed by atoms with Crippen LogP contribution in [0.2, 0.25) is 0 Å². The predicted molar refractivity (Wildman–Crippen MR) is 90.6 cm³/mol. The number of ketones is 2. The number of fused-ring (bicyclic) bond motifs is 2. The van der Waals surface area contributed by atoms with Crippen LogP contribution in [-0.4, -0.2) is 27.9 Å². The van der Waals surface area contributed by atoms with Gasteiger partial charge in [0.15, 0.2) is 11.6 Å². The normalized spacial score (nSPS) is 16.2. The number of allylic oxidation sites excluding steroid dienone is 1. The minimum atomic E-state index is -0.336. The molecule has 1 aromatic heterocycles. The molecule has 0 saturated heterocycles. The zero-order valence-corrected chi connectivity index (χ0v) is 13.7. The Kier molecular flexibility index (Phi) is 4.05. The van der Waals surface area contributed by atoms with Gasteiger partial charge in [0.05, 0.1) is 12.2 Å². The van der Waals surface area contributed by atoms with E-state index < -0.39 is 0 Å². The van der Waals surface area contributed by atoms with E-state index in [1.54, 1.807) is 12.1 Å². The fraction of sp³-hybridized carbons (Fsp3) is 0.316. The fourth-order valence-electron chi connectivity index (χ4n) is 3.34. The lowest BCUT2D eigenvalue weighted by molar-refractivity contribution is -0.115. The molecule has 0 fully saturated rings. The molecule has 2 aliphatic rings. The van der Waals surface area contributed by atoms with Crippen LogP contribution in [0.25, 0.3) is 6.08 Å². The first-order valence-corrected chi connectivity index (χ1v) is 8.43. The SMILES string of the molecule is O=C1Cc2cc(F)ccc2C=C1CCC(=O)c1cc2n(n1)CCNC2. The largest absolute Gasteiger partial charge is 0.309 e. The van der Waals surface area contributed by atoms with Gasteiger partial charge in [-0.25, -0.2) is 4.39 Å². The van der Waals surface area contributed by atoms with E-state index in [1.807, 2.05) is 10.7 Å². The molecule has 0 amide bonds. The first kappa shape index (κ1) is 15.9. The molecule has 0 atom stereocenters. The molecular formula is C19H18FN3O2. The van der Waals surface area contributed by atoms with Crippen LogP contribution in [0.4, 0.5) is 4.39 Å². The Labute approximate surface area is 144 Å². The molecular weight excluding hydrogens is 321 g/mol. The number of aromatic nitrogens is 2. The van der Waals surface area contributed by atoms with Gasteiger partial charge in [0.1, 0.15) is 11.5 Å². The van der Waals surface area contributed by atoms with Gasteiger partial charge in [-0.1, -0.05) is 6.07 Å². The molecule has 1 aromatic carbocycles. The summed E-state index contributed by atoms with van der Waals surface area (Å²) >= 11 is 0. The maximum Gasteiger partial charge on any atom is 0.183 e. The van der Waals surface area contributed by atoms with Crippen molar-refractivity contribution >= 4 is 17.6 Å². The van der Waals surface area contributed by atoms with E-state index in [9.17, 15) is 14.0 Å². The number of benzene rings is 1. The molecule has 1 aliphatic heterocycles. The van der Waals surface area contributed by atoms with Gasteiger partial charge in [-0.05, 0) is 47.4 Å². The molecule has 0 spiro atoms. The quantitative estimate of drug-likeness (QED) is 0.868. The van der Waals surface area contributed by atoms with Gasteiger partial charge in [-0.15, -0.1) is 0 Å². The highest BCUT2D eigenvalue weighted by molar-refractivity contribution is 6.04. The van der Waals surface area contributed by atoms with Gasteiger partial charge in [0.2, 0.25) is 0 Å². The third-order valence-electron chi connectivity index (χ3n) is 4.72. The minimum absolute atomic E-state index is 0.0424. The monoisotopic (exact) mass is 339 g/mol. The van der Waals surface area contributed by atoms with Gasteiger partial charge >= 0.3 is 0 Å². The second-order valence-corrected chi connectivity index (χ2v) is 6.46. The second kappa shape index (κ2) is 6.37. The van der Waals surface area contributed by atoms with Crippen LogP contribution in [0, 0.1) is 5.82 Å². The molecule has 25 heavy (non-hydrogen) atoms. The van der Waals surface area contributed by atoms with Crippen molar-refractivity contribution in [2.45, 2.75) is 32.4 Å². The smallest absolute Gasteiger partial charge is 0.183 e. The summed E-state index contributed by atoms with van der Waals surface area (Å²) in [6, 6.07) is 6.28. The van der Waals surface area contributed by atoms with Crippen LogP contribution in [0.15, 0.2) is 29.8 Å². The van der Waals surface area contributed by atoms with E-state index in [2.05, 4.69) is 10.4 Å². The topological polar surface area (TPSA) is 64.0 Å². The number of carbonyl (C=O) groups excluding carboxylic acids is 2. The maximum atomic E-state index is 13.3. The van der Waals surface area contributed by atoms with Gasteiger partial charge in [0.25, 0.3) is 0 Å². The molecule has 0 radical (unpaired) electrons. The number of nitrogens with one attached hydrogen (secondary N) is 1. The molecule has 6 heteroatoms. The number of nitrogens with zero attached hydrogens (tertiary/aromatic N) is 2. The zero-order valence-electron chi connectivity index (χ0n) is 13.7. The molecule has 4 rings (SSSR count).